The third kappa shape index (κ3) is 9.14. The van der Waals surface area contributed by atoms with E-state index >= 15 is 0 Å². The van der Waals surface area contributed by atoms with Gasteiger partial charge in [-0.2, -0.15) is 0 Å². The average Bonchev–Trinajstić information content (AvgIpc) is 2.30. The third-order valence-electron chi connectivity index (χ3n) is 1.45. The van der Waals surface area contributed by atoms with Gasteiger partial charge in [-0.15, -0.1) is 0 Å². The summed E-state index contributed by atoms with van der Waals surface area (Å²) < 4.78 is 14.0. The quantitative estimate of drug-likeness (QED) is 0.290. The molecule has 0 aromatic heterocycles. The van der Waals surface area contributed by atoms with Crippen LogP contribution in [-0.4, -0.2) is 37.2 Å². The Morgan fingerprint density at radius 1 is 1.00 bits per heavy atom. The van der Waals surface area contributed by atoms with Gasteiger partial charge in [0.05, 0.1) is 6.10 Å². The molecule has 0 radical (unpaired) electrons. The molecule has 0 saturated carbocycles. The Bertz CT molecular complexity index is 342. The van der Waals surface area contributed by atoms with E-state index in [1.807, 2.05) is 0 Å². The summed E-state index contributed by atoms with van der Waals surface area (Å²) in [5.41, 5.74) is 0. The molecule has 0 amide bonds. The van der Waals surface area contributed by atoms with Gasteiger partial charge in [0.15, 0.2) is 0 Å². The molecule has 0 bridgehead atoms. The molecular formula is C12H16O6. The van der Waals surface area contributed by atoms with Crippen molar-refractivity contribution in [2.75, 3.05) is 13.2 Å². The molecule has 18 heavy (non-hydrogen) atoms. The zero-order valence-corrected chi connectivity index (χ0v) is 10.4. The minimum Gasteiger partial charge on any atom is -0.460 e. The van der Waals surface area contributed by atoms with Gasteiger partial charge in [0.2, 0.25) is 0 Å². The van der Waals surface area contributed by atoms with Crippen LogP contribution in [0.25, 0.3) is 0 Å². The molecule has 6 heteroatoms. The number of carbonyl (C=O) groups excluding carboxylic acids is 3. The van der Waals surface area contributed by atoms with Gasteiger partial charge in [0, 0.05) is 18.2 Å². The van der Waals surface area contributed by atoms with Crippen molar-refractivity contribution in [1.29, 1.82) is 0 Å². The van der Waals surface area contributed by atoms with E-state index in [4.69, 9.17) is 4.74 Å². The summed E-state index contributed by atoms with van der Waals surface area (Å²) in [6.45, 7) is 6.42. The highest BCUT2D eigenvalue weighted by Gasteiger charge is 2.03. The fraction of sp³-hybridized carbons (Fsp3) is 0.417. The first-order valence-corrected chi connectivity index (χ1v) is 5.30. The van der Waals surface area contributed by atoms with Crippen LogP contribution in [0.15, 0.2) is 24.8 Å². The zero-order chi connectivity index (χ0) is 14.0. The number of carbonyl (C=O) groups is 3. The van der Waals surface area contributed by atoms with E-state index < -0.39 is 17.9 Å². The van der Waals surface area contributed by atoms with E-state index in [-0.39, 0.29) is 19.3 Å². The summed E-state index contributed by atoms with van der Waals surface area (Å²) in [7, 11) is 0. The maximum absolute atomic E-state index is 11.1. The molecule has 0 atom stereocenters. The van der Waals surface area contributed by atoms with Crippen molar-refractivity contribution in [2.45, 2.75) is 20.0 Å². The van der Waals surface area contributed by atoms with E-state index in [1.165, 1.54) is 0 Å². The summed E-state index contributed by atoms with van der Waals surface area (Å²) in [6.07, 6.45) is 2.67. The topological polar surface area (TPSA) is 78.9 Å². The van der Waals surface area contributed by atoms with Crippen LogP contribution < -0.4 is 0 Å². The number of esters is 3. The molecule has 0 aromatic rings. The van der Waals surface area contributed by atoms with Crippen molar-refractivity contribution in [3.63, 3.8) is 0 Å². The van der Waals surface area contributed by atoms with Gasteiger partial charge < -0.3 is 14.2 Å². The molecule has 0 rings (SSSR count). The SMILES string of the molecule is C=CC(=O)OCCOC(=O)/C=C/C(=O)OC(C)C. The lowest BCUT2D eigenvalue weighted by Crippen LogP contribution is -2.12. The Hall–Kier alpha value is -2.11. The van der Waals surface area contributed by atoms with Crippen LogP contribution in [0.2, 0.25) is 0 Å². The van der Waals surface area contributed by atoms with Crippen molar-refractivity contribution in [2.24, 2.45) is 0 Å². The standard InChI is InChI=1S/C12H16O6/c1-4-10(13)16-7-8-17-11(14)5-6-12(15)18-9(2)3/h4-6,9H,1,7-8H2,2-3H3/b6-5+. The molecule has 0 heterocycles. The van der Waals surface area contributed by atoms with E-state index in [0.717, 1.165) is 18.2 Å². The van der Waals surface area contributed by atoms with Gasteiger partial charge in [-0.25, -0.2) is 14.4 Å². The fourth-order valence-electron chi connectivity index (χ4n) is 0.799. The summed E-state index contributed by atoms with van der Waals surface area (Å²) in [4.78, 5) is 32.7. The van der Waals surface area contributed by atoms with E-state index in [9.17, 15) is 14.4 Å². The Balaban J connectivity index is 3.77. The van der Waals surface area contributed by atoms with Gasteiger partial charge in [0.25, 0.3) is 0 Å². The fourth-order valence-corrected chi connectivity index (χ4v) is 0.799. The van der Waals surface area contributed by atoms with Crippen LogP contribution in [0.5, 0.6) is 0 Å². The summed E-state index contributed by atoms with van der Waals surface area (Å²) >= 11 is 0. The van der Waals surface area contributed by atoms with E-state index in [0.29, 0.717) is 0 Å². The normalized spacial score (nSPS) is 10.2. The lowest BCUT2D eigenvalue weighted by atomic mass is 10.4. The van der Waals surface area contributed by atoms with Crippen LogP contribution in [0.1, 0.15) is 13.8 Å². The maximum Gasteiger partial charge on any atom is 0.331 e. The lowest BCUT2D eigenvalue weighted by Gasteiger charge is -2.04. The van der Waals surface area contributed by atoms with Crippen LogP contribution in [-0.2, 0) is 28.6 Å². The Morgan fingerprint density at radius 3 is 2.00 bits per heavy atom. The smallest absolute Gasteiger partial charge is 0.331 e. The average molecular weight is 256 g/mol. The number of hydrogen-bond acceptors (Lipinski definition) is 6. The Morgan fingerprint density at radius 2 is 1.50 bits per heavy atom. The molecule has 0 fully saturated rings. The summed E-state index contributed by atoms with van der Waals surface area (Å²) in [5.74, 6) is -1.94. The molecule has 0 saturated heterocycles. The van der Waals surface area contributed by atoms with Gasteiger partial charge in [-0.1, -0.05) is 6.58 Å². The van der Waals surface area contributed by atoms with Crippen molar-refractivity contribution in [3.05, 3.63) is 24.8 Å². The minimum atomic E-state index is -0.717. The number of hydrogen-bond donors (Lipinski definition) is 0. The summed E-state index contributed by atoms with van der Waals surface area (Å²) in [6, 6.07) is 0. The molecule has 0 aliphatic carbocycles. The Kier molecular flexibility index (Phi) is 7.92. The third-order valence-corrected chi connectivity index (χ3v) is 1.45. The molecule has 0 aliphatic rings. The lowest BCUT2D eigenvalue weighted by molar-refractivity contribution is -0.146. The molecule has 0 N–H and O–H groups in total. The zero-order valence-electron chi connectivity index (χ0n) is 10.4. The van der Waals surface area contributed by atoms with Crippen LogP contribution in [0, 0.1) is 0 Å². The molecule has 0 unspecified atom stereocenters. The summed E-state index contributed by atoms with van der Waals surface area (Å²) in [5, 5.41) is 0. The maximum atomic E-state index is 11.1. The van der Waals surface area contributed by atoms with Crippen LogP contribution in [0.3, 0.4) is 0 Å². The number of rotatable bonds is 7. The minimum absolute atomic E-state index is 0.0686. The highest BCUT2D eigenvalue weighted by Crippen LogP contribution is 1.91. The van der Waals surface area contributed by atoms with E-state index in [1.54, 1.807) is 13.8 Å². The first-order valence-electron chi connectivity index (χ1n) is 5.30. The van der Waals surface area contributed by atoms with Crippen molar-refractivity contribution in [3.8, 4) is 0 Å². The van der Waals surface area contributed by atoms with Gasteiger partial charge in [-0.05, 0) is 13.8 Å². The molecule has 0 aromatic carbocycles. The molecule has 100 valence electrons. The molecule has 6 nitrogen and oxygen atoms in total. The van der Waals surface area contributed by atoms with Crippen molar-refractivity contribution in [1.82, 2.24) is 0 Å². The van der Waals surface area contributed by atoms with Crippen molar-refractivity contribution < 1.29 is 28.6 Å². The predicted molar refractivity (Wildman–Crippen MR) is 62.5 cm³/mol. The second kappa shape index (κ2) is 8.98. The second-order valence-electron chi connectivity index (χ2n) is 3.36. The largest absolute Gasteiger partial charge is 0.460 e. The monoisotopic (exact) mass is 256 g/mol. The highest BCUT2D eigenvalue weighted by molar-refractivity contribution is 5.91. The molecule has 0 aliphatic heterocycles. The first-order chi connectivity index (χ1) is 8.45. The van der Waals surface area contributed by atoms with Gasteiger partial charge in [0.1, 0.15) is 13.2 Å². The number of ether oxygens (including phenoxy) is 3. The molecule has 0 spiro atoms. The second-order valence-corrected chi connectivity index (χ2v) is 3.36. The predicted octanol–water partition coefficient (Wildman–Crippen LogP) is 0.767. The van der Waals surface area contributed by atoms with Gasteiger partial charge >= 0.3 is 17.9 Å². The first kappa shape index (κ1) is 15.9. The van der Waals surface area contributed by atoms with E-state index in [2.05, 4.69) is 16.1 Å². The van der Waals surface area contributed by atoms with Crippen LogP contribution >= 0.6 is 0 Å². The van der Waals surface area contributed by atoms with Crippen LogP contribution in [0.4, 0.5) is 0 Å². The highest BCUT2D eigenvalue weighted by atomic mass is 16.6. The Labute approximate surface area is 105 Å². The van der Waals surface area contributed by atoms with Gasteiger partial charge in [-0.3, -0.25) is 0 Å². The van der Waals surface area contributed by atoms with Crippen molar-refractivity contribution >= 4 is 17.9 Å². The molecular weight excluding hydrogens is 240 g/mol.